The molecule has 3 aliphatic heterocycles. The molecule has 1 fully saturated rings. The first-order valence-corrected chi connectivity index (χ1v) is 16.7. The monoisotopic (exact) mass is 743 g/mol. The van der Waals surface area contributed by atoms with Crippen LogP contribution in [-0.4, -0.2) is 98.4 Å². The minimum atomic E-state index is -2.65. The molecule has 7 N–H and O–H groups in total. The summed E-state index contributed by atoms with van der Waals surface area (Å²) in [6, 6.07) is 16.1. The molecular formula is C38H35N2O14+. The Bertz CT molecular complexity index is 2260. The second kappa shape index (κ2) is 14.6. The van der Waals surface area contributed by atoms with Crippen molar-refractivity contribution in [2.24, 2.45) is 4.99 Å². The number of allylic oxidation sites excluding steroid dienone is 1. The number of aryl methyl sites for hydroxylation is 2. The van der Waals surface area contributed by atoms with Gasteiger partial charge in [-0.15, -0.1) is 0 Å². The molecule has 0 spiro atoms. The van der Waals surface area contributed by atoms with Crippen LogP contribution >= 0.6 is 0 Å². The lowest BCUT2D eigenvalue weighted by Gasteiger charge is -2.42. The summed E-state index contributed by atoms with van der Waals surface area (Å²) >= 11 is 0. The smallest absolute Gasteiger partial charge is 0.349 e. The van der Waals surface area contributed by atoms with Gasteiger partial charge in [0.2, 0.25) is 24.8 Å². The number of phenols is 1. The molecule has 1 saturated heterocycles. The van der Waals surface area contributed by atoms with E-state index in [1.54, 1.807) is 18.3 Å². The van der Waals surface area contributed by atoms with Gasteiger partial charge in [-0.2, -0.15) is 9.90 Å². The van der Waals surface area contributed by atoms with Gasteiger partial charge in [-0.05, 0) is 61.9 Å². The first-order chi connectivity index (χ1) is 25.8. The first-order valence-electron chi connectivity index (χ1n) is 16.7. The van der Waals surface area contributed by atoms with Crippen LogP contribution in [0.2, 0.25) is 0 Å². The Morgan fingerprint density at radius 1 is 0.963 bits per heavy atom. The number of aliphatic hydroxyl groups excluding tert-OH is 4. The summed E-state index contributed by atoms with van der Waals surface area (Å²) in [4.78, 5) is 47.6. The number of aliphatic imine (C=N–C) groups is 1. The number of fused-ring (bicyclic) bond motifs is 2. The third-order valence-corrected chi connectivity index (χ3v) is 9.17. The maximum Gasteiger partial charge on any atom is 0.349 e. The number of carbonyl (C=O) groups excluding carboxylic acids is 1. The maximum absolute atomic E-state index is 13.4. The van der Waals surface area contributed by atoms with E-state index in [1.165, 1.54) is 36.6 Å². The first kappa shape index (κ1) is 36.6. The van der Waals surface area contributed by atoms with Crippen molar-refractivity contribution in [3.8, 4) is 22.6 Å². The number of nitrogens with one attached hydrogen (secondary N) is 1. The zero-order valence-corrected chi connectivity index (χ0v) is 28.7. The molecule has 16 heteroatoms. The maximum atomic E-state index is 13.4. The van der Waals surface area contributed by atoms with Crippen LogP contribution in [-0.2, 0) is 23.9 Å². The van der Waals surface area contributed by atoms with Gasteiger partial charge in [0, 0.05) is 23.4 Å². The lowest BCUT2D eigenvalue weighted by atomic mass is 9.98. The summed E-state index contributed by atoms with van der Waals surface area (Å²) in [6.45, 7) is 4.14. The van der Waals surface area contributed by atoms with Gasteiger partial charge in [-0.25, -0.2) is 14.6 Å². The number of carbonyl (C=O) groups is 2. The summed E-state index contributed by atoms with van der Waals surface area (Å²) in [5, 5.41) is 62.2. The van der Waals surface area contributed by atoms with Crippen LogP contribution in [0.3, 0.4) is 0 Å². The van der Waals surface area contributed by atoms with E-state index in [1.807, 2.05) is 38.1 Å². The van der Waals surface area contributed by atoms with Crippen molar-refractivity contribution in [2.75, 3.05) is 6.54 Å². The summed E-state index contributed by atoms with van der Waals surface area (Å²) in [5.74, 6) is -3.64. The number of hydrogen-bond donors (Lipinski definition) is 7. The van der Waals surface area contributed by atoms with E-state index in [4.69, 9.17) is 23.8 Å². The number of aliphatic carboxylic acids is 1. The van der Waals surface area contributed by atoms with Crippen LogP contribution < -0.4 is 15.2 Å². The quantitative estimate of drug-likeness (QED) is 0.0665. The molecule has 0 saturated carbocycles. The Hall–Kier alpha value is -5.72. The van der Waals surface area contributed by atoms with Crippen molar-refractivity contribution in [1.82, 2.24) is 0 Å². The summed E-state index contributed by atoms with van der Waals surface area (Å²) in [5.41, 5.74) is 5.37. The van der Waals surface area contributed by atoms with Crippen LogP contribution in [0.5, 0.6) is 11.5 Å². The van der Waals surface area contributed by atoms with Crippen molar-refractivity contribution in [2.45, 2.75) is 56.9 Å². The number of benzene rings is 3. The van der Waals surface area contributed by atoms with Gasteiger partial charge in [-0.3, -0.25) is 4.79 Å². The van der Waals surface area contributed by atoms with E-state index in [-0.39, 0.29) is 40.0 Å². The highest BCUT2D eigenvalue weighted by molar-refractivity contribution is 5.96. The van der Waals surface area contributed by atoms with Gasteiger partial charge in [0.25, 0.3) is 0 Å². The fraction of sp³-hybridized carbons (Fsp3) is 0.263. The number of hydroxylamine groups is 2. The average Bonchev–Trinajstić information content (AvgIpc) is 3.72. The van der Waals surface area contributed by atoms with E-state index in [2.05, 4.69) is 9.73 Å². The molecule has 1 unspecified atom stereocenters. The molecule has 0 bridgehead atoms. The van der Waals surface area contributed by atoms with E-state index in [0.717, 1.165) is 22.3 Å². The average molecular weight is 744 g/mol. The van der Waals surface area contributed by atoms with Crippen molar-refractivity contribution < 1.29 is 68.8 Å². The predicted octanol–water partition coefficient (Wildman–Crippen LogP) is 0.493. The van der Waals surface area contributed by atoms with Gasteiger partial charge in [0.1, 0.15) is 47.8 Å². The zero-order valence-electron chi connectivity index (χ0n) is 28.7. The Balaban J connectivity index is 1.22. The molecule has 4 aromatic rings. The van der Waals surface area contributed by atoms with Crippen molar-refractivity contribution in [3.63, 3.8) is 0 Å². The normalized spacial score (nSPS) is 24.6. The van der Waals surface area contributed by atoms with Crippen LogP contribution in [0.4, 0.5) is 0 Å². The molecule has 0 radical (unpaired) electrons. The number of aliphatic hydroxyl groups is 4. The van der Waals surface area contributed by atoms with Gasteiger partial charge >= 0.3 is 11.9 Å². The van der Waals surface area contributed by atoms with Gasteiger partial charge < -0.3 is 49.3 Å². The molecule has 3 aromatic carbocycles. The third-order valence-electron chi connectivity index (χ3n) is 9.17. The number of nitrogens with zero attached hydrogens (tertiary/aromatic N) is 1. The number of hydrogen-bond acceptors (Lipinski definition) is 14. The Labute approximate surface area is 305 Å². The summed E-state index contributed by atoms with van der Waals surface area (Å²) < 4.78 is 22.5. The number of carboxylic acid groups (broad SMARTS) is 1. The zero-order chi connectivity index (χ0) is 38.4. The molecule has 280 valence electrons. The highest BCUT2D eigenvalue weighted by Gasteiger charge is 2.53. The van der Waals surface area contributed by atoms with Gasteiger partial charge in [0.15, 0.2) is 17.2 Å². The van der Waals surface area contributed by atoms with Crippen LogP contribution in [0.15, 0.2) is 98.5 Å². The van der Waals surface area contributed by atoms with Gasteiger partial charge in [-0.1, -0.05) is 29.3 Å². The Morgan fingerprint density at radius 3 is 2.39 bits per heavy atom. The minimum absolute atomic E-state index is 0.0271. The highest BCUT2D eigenvalue weighted by Crippen LogP contribution is 2.33. The van der Waals surface area contributed by atoms with Crippen LogP contribution in [0, 0.1) is 13.8 Å². The number of esters is 1. The molecule has 0 amide bonds. The second-order valence-corrected chi connectivity index (χ2v) is 13.1. The molecule has 1 aromatic heterocycles. The number of ether oxygens (including phenoxy) is 3. The molecule has 54 heavy (non-hydrogen) atoms. The fourth-order valence-electron chi connectivity index (χ4n) is 6.63. The molecular weight excluding hydrogens is 708 g/mol. The SMILES string of the molecule is Cc1cc(C)cc(C2=C3N=CC=C3C[NH+]2O[C@@H]2[C@@H](Oc3ccc4c(=O)c(-c5ccc(O)cc5)coc4c3)O[C@@H]([C@@H](O)OC(=O)[C@H](O)C(=O)O)[C@H](O)[C@H]2O)c1. The standard InChI is InChI=1S/C38H34N2O14/c1-17-11-18(2)13-21(12-17)28-27-20(9-10-39-27)15-40(28)54-34-31(44)30(43)33(37(49)53-36(48)32(45)35(46)47)52-38(34)51-23-7-8-24-26(14-23)50-16-25(29(24)42)19-3-5-22(41)6-4-19/h3-14,16,30-34,37-38,41,43-45,49H,15H2,1-2H3,(H,46,47)/p+1/t30-,31-,32-,33-,34+,37+,38+/m1/s1. The lowest BCUT2D eigenvalue weighted by Crippen LogP contribution is -3.08. The highest BCUT2D eigenvalue weighted by atomic mass is 16.8. The largest absolute Gasteiger partial charge is 0.508 e. The summed E-state index contributed by atoms with van der Waals surface area (Å²) in [6.07, 6.45) is -9.28. The minimum Gasteiger partial charge on any atom is -0.508 e. The number of phenolic OH excluding ortho intramolecular Hbond substituents is 1. The second-order valence-electron chi connectivity index (χ2n) is 13.1. The molecule has 3 aliphatic rings. The van der Waals surface area contributed by atoms with Crippen LogP contribution in [0.1, 0.15) is 16.7 Å². The third kappa shape index (κ3) is 7.02. The van der Waals surface area contributed by atoms with E-state index in [0.29, 0.717) is 22.0 Å². The number of rotatable bonds is 10. The van der Waals surface area contributed by atoms with Crippen molar-refractivity contribution in [1.29, 1.82) is 0 Å². The Morgan fingerprint density at radius 2 is 1.69 bits per heavy atom. The van der Waals surface area contributed by atoms with E-state index in [9.17, 15) is 39.9 Å². The molecule has 0 aliphatic carbocycles. The molecule has 7 rings (SSSR count). The van der Waals surface area contributed by atoms with E-state index >= 15 is 0 Å². The predicted molar refractivity (Wildman–Crippen MR) is 187 cm³/mol. The summed E-state index contributed by atoms with van der Waals surface area (Å²) in [7, 11) is 0. The molecule has 8 atom stereocenters. The fourth-order valence-corrected chi connectivity index (χ4v) is 6.63. The number of carboxylic acids is 1. The van der Waals surface area contributed by atoms with Gasteiger partial charge in [0.05, 0.1) is 10.9 Å². The number of aromatic hydroxyl groups is 1. The van der Waals surface area contributed by atoms with Crippen LogP contribution in [0.25, 0.3) is 27.8 Å². The topological polar surface area (TPSA) is 239 Å². The van der Waals surface area contributed by atoms with E-state index < -0.39 is 55.0 Å². The Kier molecular flexibility index (Phi) is 9.90. The van der Waals surface area contributed by atoms with Crippen molar-refractivity contribution >= 4 is 34.8 Å². The molecule has 4 heterocycles. The number of quaternary nitrogens is 1. The molecule has 16 nitrogen and oxygen atoms in total. The van der Waals surface area contributed by atoms with Crippen molar-refractivity contribution in [3.05, 3.63) is 111 Å². The lowest BCUT2D eigenvalue weighted by molar-refractivity contribution is -1.04.